The molecule has 0 aliphatic rings. The molecular weight excluding hydrogens is 256 g/mol. The molecule has 1 atom stereocenters. The zero-order valence-corrected chi connectivity index (χ0v) is 10.5. The molecule has 2 aromatic carbocycles. The van der Waals surface area contributed by atoms with Gasteiger partial charge in [-0.05, 0) is 31.2 Å². The van der Waals surface area contributed by atoms with E-state index in [2.05, 4.69) is 5.32 Å². The molecule has 0 heterocycles. The van der Waals surface area contributed by atoms with Crippen LogP contribution in [0.1, 0.15) is 18.5 Å². The number of hydrogen-bond acceptors (Lipinski definition) is 1. The second-order valence-corrected chi connectivity index (χ2v) is 4.48. The van der Waals surface area contributed by atoms with Crippen molar-refractivity contribution >= 4 is 17.3 Å². The van der Waals surface area contributed by atoms with E-state index in [-0.39, 0.29) is 11.9 Å². The average molecular weight is 268 g/mol. The number of anilines is 1. The van der Waals surface area contributed by atoms with Crippen LogP contribution >= 0.6 is 11.6 Å². The standard InChI is InChI=1S/C14H12ClF2N/c1-9(13-4-2-3-5-14(13)17)18-12-7-10(15)6-11(16)8-12/h2-9,18H,1H3. The van der Waals surface area contributed by atoms with Gasteiger partial charge in [0.05, 0.1) is 6.04 Å². The highest BCUT2D eigenvalue weighted by molar-refractivity contribution is 6.30. The molecule has 0 aliphatic heterocycles. The van der Waals surface area contributed by atoms with Crippen molar-refractivity contribution in [1.29, 1.82) is 0 Å². The summed E-state index contributed by atoms with van der Waals surface area (Å²) in [6.07, 6.45) is 0. The van der Waals surface area contributed by atoms with E-state index in [4.69, 9.17) is 11.6 Å². The van der Waals surface area contributed by atoms with E-state index in [0.29, 0.717) is 16.3 Å². The Balaban J connectivity index is 2.21. The van der Waals surface area contributed by atoms with Crippen molar-refractivity contribution in [3.63, 3.8) is 0 Å². The monoisotopic (exact) mass is 267 g/mol. The van der Waals surface area contributed by atoms with Gasteiger partial charge in [0.2, 0.25) is 0 Å². The quantitative estimate of drug-likeness (QED) is 0.843. The third-order valence-corrected chi connectivity index (χ3v) is 2.84. The molecule has 1 N–H and O–H groups in total. The van der Waals surface area contributed by atoms with Crippen molar-refractivity contribution in [2.45, 2.75) is 13.0 Å². The van der Waals surface area contributed by atoms with E-state index in [9.17, 15) is 8.78 Å². The highest BCUT2D eigenvalue weighted by atomic mass is 35.5. The van der Waals surface area contributed by atoms with Crippen LogP contribution in [0, 0.1) is 11.6 Å². The minimum atomic E-state index is -0.425. The summed E-state index contributed by atoms with van der Waals surface area (Å²) in [5.74, 6) is -0.717. The van der Waals surface area contributed by atoms with E-state index >= 15 is 0 Å². The predicted octanol–water partition coefficient (Wildman–Crippen LogP) is 4.79. The zero-order valence-electron chi connectivity index (χ0n) is 9.75. The Morgan fingerprint density at radius 2 is 1.83 bits per heavy atom. The molecule has 94 valence electrons. The van der Waals surface area contributed by atoms with Crippen LogP contribution in [0.5, 0.6) is 0 Å². The van der Waals surface area contributed by atoms with E-state index in [1.807, 2.05) is 0 Å². The van der Waals surface area contributed by atoms with E-state index in [0.717, 1.165) is 0 Å². The van der Waals surface area contributed by atoms with Crippen LogP contribution in [0.3, 0.4) is 0 Å². The van der Waals surface area contributed by atoms with Crippen molar-refractivity contribution in [2.75, 3.05) is 5.32 Å². The van der Waals surface area contributed by atoms with Crippen molar-refractivity contribution in [2.24, 2.45) is 0 Å². The Labute approximate surface area is 109 Å². The highest BCUT2D eigenvalue weighted by Gasteiger charge is 2.10. The largest absolute Gasteiger partial charge is 0.378 e. The Morgan fingerprint density at radius 3 is 2.50 bits per heavy atom. The molecule has 0 spiro atoms. The van der Waals surface area contributed by atoms with Gasteiger partial charge in [0.1, 0.15) is 11.6 Å². The normalized spacial score (nSPS) is 12.2. The van der Waals surface area contributed by atoms with E-state index in [1.54, 1.807) is 31.2 Å². The van der Waals surface area contributed by atoms with Crippen molar-refractivity contribution in [3.8, 4) is 0 Å². The fourth-order valence-corrected chi connectivity index (χ4v) is 2.01. The number of benzene rings is 2. The Kier molecular flexibility index (Phi) is 3.82. The molecule has 0 saturated carbocycles. The maximum absolute atomic E-state index is 13.6. The number of rotatable bonds is 3. The first-order valence-corrected chi connectivity index (χ1v) is 5.91. The van der Waals surface area contributed by atoms with Crippen molar-refractivity contribution in [3.05, 3.63) is 64.7 Å². The van der Waals surface area contributed by atoms with Gasteiger partial charge >= 0.3 is 0 Å². The Morgan fingerprint density at radius 1 is 1.11 bits per heavy atom. The second kappa shape index (κ2) is 5.36. The number of halogens is 3. The molecule has 18 heavy (non-hydrogen) atoms. The predicted molar refractivity (Wildman–Crippen MR) is 69.8 cm³/mol. The van der Waals surface area contributed by atoms with E-state index in [1.165, 1.54) is 18.2 Å². The van der Waals surface area contributed by atoms with Gasteiger partial charge in [-0.25, -0.2) is 8.78 Å². The van der Waals surface area contributed by atoms with Gasteiger partial charge in [0, 0.05) is 16.3 Å². The first-order valence-electron chi connectivity index (χ1n) is 5.53. The van der Waals surface area contributed by atoms with Gasteiger partial charge < -0.3 is 5.32 Å². The van der Waals surface area contributed by atoms with Gasteiger partial charge in [-0.3, -0.25) is 0 Å². The minimum absolute atomic E-state index is 0.274. The minimum Gasteiger partial charge on any atom is -0.378 e. The molecular formula is C14H12ClF2N. The second-order valence-electron chi connectivity index (χ2n) is 4.05. The SMILES string of the molecule is CC(Nc1cc(F)cc(Cl)c1)c1ccccc1F. The first kappa shape index (κ1) is 12.8. The molecule has 4 heteroatoms. The van der Waals surface area contributed by atoms with Crippen LogP contribution in [-0.2, 0) is 0 Å². The molecule has 0 amide bonds. The van der Waals surface area contributed by atoms with Crippen LogP contribution in [0.25, 0.3) is 0 Å². The summed E-state index contributed by atoms with van der Waals surface area (Å²) in [5.41, 5.74) is 1.05. The molecule has 0 fully saturated rings. The van der Waals surface area contributed by atoms with Gasteiger partial charge in [-0.2, -0.15) is 0 Å². The Hall–Kier alpha value is -1.61. The summed E-state index contributed by atoms with van der Waals surface area (Å²) in [6.45, 7) is 1.80. The van der Waals surface area contributed by atoms with Crippen LogP contribution in [0.2, 0.25) is 5.02 Å². The fraction of sp³-hybridized carbons (Fsp3) is 0.143. The Bertz CT molecular complexity index is 537. The molecule has 2 aromatic rings. The first-order chi connectivity index (χ1) is 8.56. The van der Waals surface area contributed by atoms with Crippen LogP contribution < -0.4 is 5.32 Å². The summed E-state index contributed by atoms with van der Waals surface area (Å²) in [5, 5.41) is 3.32. The van der Waals surface area contributed by atoms with Gasteiger partial charge in [0.25, 0.3) is 0 Å². The third-order valence-electron chi connectivity index (χ3n) is 2.62. The molecule has 1 nitrogen and oxygen atoms in total. The molecule has 0 bridgehead atoms. The molecule has 0 saturated heterocycles. The molecule has 2 rings (SSSR count). The van der Waals surface area contributed by atoms with Crippen molar-refractivity contribution < 1.29 is 8.78 Å². The summed E-state index contributed by atoms with van der Waals surface area (Å²) in [6, 6.07) is 10.3. The topological polar surface area (TPSA) is 12.0 Å². The number of nitrogens with one attached hydrogen (secondary N) is 1. The van der Waals surface area contributed by atoms with Crippen LogP contribution in [-0.4, -0.2) is 0 Å². The van der Waals surface area contributed by atoms with Gasteiger partial charge in [-0.1, -0.05) is 29.8 Å². The summed E-state index contributed by atoms with van der Waals surface area (Å²) in [7, 11) is 0. The van der Waals surface area contributed by atoms with Gasteiger partial charge in [-0.15, -0.1) is 0 Å². The zero-order chi connectivity index (χ0) is 13.1. The maximum atomic E-state index is 13.6. The molecule has 1 unspecified atom stereocenters. The number of hydrogen-bond donors (Lipinski definition) is 1. The van der Waals surface area contributed by atoms with E-state index < -0.39 is 5.82 Å². The average Bonchev–Trinajstić information content (AvgIpc) is 2.27. The lowest BCUT2D eigenvalue weighted by atomic mass is 10.1. The molecule has 0 aliphatic carbocycles. The lowest BCUT2D eigenvalue weighted by Gasteiger charge is -2.16. The fourth-order valence-electron chi connectivity index (χ4n) is 1.79. The smallest absolute Gasteiger partial charge is 0.128 e. The summed E-state index contributed by atoms with van der Waals surface area (Å²) in [4.78, 5) is 0. The lowest BCUT2D eigenvalue weighted by Crippen LogP contribution is -2.08. The lowest BCUT2D eigenvalue weighted by molar-refractivity contribution is 0.600. The summed E-state index contributed by atoms with van der Waals surface area (Å²) < 4.78 is 26.7. The molecule has 0 aromatic heterocycles. The third kappa shape index (κ3) is 2.99. The van der Waals surface area contributed by atoms with Gasteiger partial charge in [0.15, 0.2) is 0 Å². The van der Waals surface area contributed by atoms with Crippen LogP contribution in [0.4, 0.5) is 14.5 Å². The summed E-state index contributed by atoms with van der Waals surface area (Å²) >= 11 is 5.76. The highest BCUT2D eigenvalue weighted by Crippen LogP contribution is 2.24. The van der Waals surface area contributed by atoms with Crippen LogP contribution in [0.15, 0.2) is 42.5 Å². The molecule has 0 radical (unpaired) electrons. The van der Waals surface area contributed by atoms with Crippen molar-refractivity contribution in [1.82, 2.24) is 0 Å². The maximum Gasteiger partial charge on any atom is 0.128 e.